The van der Waals surface area contributed by atoms with Gasteiger partial charge in [-0.25, -0.2) is 9.67 Å². The first-order valence-electron chi connectivity index (χ1n) is 4.75. The van der Waals surface area contributed by atoms with Crippen molar-refractivity contribution in [3.05, 3.63) is 36.8 Å². The summed E-state index contributed by atoms with van der Waals surface area (Å²) in [6, 6.07) is 5.32. The van der Waals surface area contributed by atoms with E-state index in [0.29, 0.717) is 11.5 Å². The number of hydrogen-bond acceptors (Lipinski definition) is 4. The van der Waals surface area contributed by atoms with Crippen molar-refractivity contribution < 1.29 is 4.79 Å². The molecule has 0 bridgehead atoms. The van der Waals surface area contributed by atoms with Crippen molar-refractivity contribution in [3.8, 4) is 5.82 Å². The van der Waals surface area contributed by atoms with Gasteiger partial charge in [0.15, 0.2) is 5.82 Å². The number of rotatable bonds is 3. The molecule has 6 nitrogen and oxygen atoms in total. The predicted octanol–water partition coefficient (Wildman–Crippen LogP) is 0.164. The number of pyridine rings is 1. The number of carbonyl (C=O) groups excluding carboxylic acids is 1. The zero-order valence-corrected chi connectivity index (χ0v) is 8.50. The lowest BCUT2D eigenvalue weighted by Crippen LogP contribution is -2.21. The summed E-state index contributed by atoms with van der Waals surface area (Å²) in [5.74, 6) is 0.449. The second-order valence-corrected chi connectivity index (χ2v) is 3.11. The second kappa shape index (κ2) is 4.54. The fourth-order valence-corrected chi connectivity index (χ4v) is 1.21. The maximum Gasteiger partial charge on any atom is 0.238 e. The summed E-state index contributed by atoms with van der Waals surface area (Å²) in [5, 5.41) is 6.65. The highest BCUT2D eigenvalue weighted by molar-refractivity contribution is 5.91. The molecule has 2 rings (SSSR count). The average molecular weight is 217 g/mol. The van der Waals surface area contributed by atoms with Crippen LogP contribution in [0.1, 0.15) is 0 Å². The molecule has 0 fully saturated rings. The van der Waals surface area contributed by atoms with Crippen LogP contribution in [-0.2, 0) is 4.79 Å². The fraction of sp³-hybridized carbons (Fsp3) is 0.100. The third-order valence-corrected chi connectivity index (χ3v) is 1.96. The van der Waals surface area contributed by atoms with E-state index in [9.17, 15) is 4.79 Å². The number of anilines is 1. The first-order valence-corrected chi connectivity index (χ1v) is 4.75. The van der Waals surface area contributed by atoms with E-state index >= 15 is 0 Å². The summed E-state index contributed by atoms with van der Waals surface area (Å²) in [4.78, 5) is 15.2. The van der Waals surface area contributed by atoms with Crippen molar-refractivity contribution >= 4 is 11.6 Å². The molecule has 0 atom stereocenters. The highest BCUT2D eigenvalue weighted by Crippen LogP contribution is 2.08. The molecule has 3 N–H and O–H groups in total. The number of carbonyl (C=O) groups is 1. The van der Waals surface area contributed by atoms with Crippen molar-refractivity contribution in [1.82, 2.24) is 14.8 Å². The Morgan fingerprint density at radius 2 is 2.38 bits per heavy atom. The van der Waals surface area contributed by atoms with Crippen LogP contribution < -0.4 is 11.1 Å². The van der Waals surface area contributed by atoms with Gasteiger partial charge in [0.05, 0.1) is 18.4 Å². The van der Waals surface area contributed by atoms with Crippen molar-refractivity contribution in [2.24, 2.45) is 5.73 Å². The van der Waals surface area contributed by atoms with Crippen LogP contribution in [0.4, 0.5) is 5.69 Å². The molecule has 0 saturated heterocycles. The van der Waals surface area contributed by atoms with Gasteiger partial charge in [0.2, 0.25) is 5.91 Å². The van der Waals surface area contributed by atoms with Gasteiger partial charge in [0, 0.05) is 12.4 Å². The van der Waals surface area contributed by atoms with Gasteiger partial charge < -0.3 is 11.1 Å². The topological polar surface area (TPSA) is 85.8 Å². The van der Waals surface area contributed by atoms with E-state index in [4.69, 9.17) is 5.73 Å². The minimum Gasteiger partial charge on any atom is -0.324 e. The Kier molecular flexibility index (Phi) is 2.93. The molecule has 16 heavy (non-hydrogen) atoms. The number of nitrogens with zero attached hydrogens (tertiary/aromatic N) is 3. The van der Waals surface area contributed by atoms with Gasteiger partial charge in [-0.3, -0.25) is 4.79 Å². The third kappa shape index (κ3) is 2.23. The van der Waals surface area contributed by atoms with Crippen LogP contribution in [0.15, 0.2) is 36.8 Å². The first-order chi connectivity index (χ1) is 7.79. The summed E-state index contributed by atoms with van der Waals surface area (Å²) >= 11 is 0. The Morgan fingerprint density at radius 3 is 2.94 bits per heavy atom. The van der Waals surface area contributed by atoms with E-state index < -0.39 is 0 Å². The molecule has 2 heterocycles. The van der Waals surface area contributed by atoms with E-state index in [1.807, 2.05) is 6.07 Å². The van der Waals surface area contributed by atoms with Gasteiger partial charge in [-0.05, 0) is 18.2 Å². The van der Waals surface area contributed by atoms with Gasteiger partial charge in [0.25, 0.3) is 0 Å². The average Bonchev–Trinajstić information content (AvgIpc) is 2.83. The maximum atomic E-state index is 11.0. The van der Waals surface area contributed by atoms with Crippen molar-refractivity contribution in [2.45, 2.75) is 0 Å². The molecule has 0 aromatic carbocycles. The molecule has 0 saturated carbocycles. The summed E-state index contributed by atoms with van der Waals surface area (Å²) in [6.07, 6.45) is 5.02. The zero-order chi connectivity index (χ0) is 11.4. The highest BCUT2D eigenvalue weighted by atomic mass is 16.1. The lowest BCUT2D eigenvalue weighted by Gasteiger charge is -2.04. The minimum absolute atomic E-state index is 0.0408. The van der Waals surface area contributed by atoms with Gasteiger partial charge in [-0.1, -0.05) is 0 Å². The molecule has 0 aliphatic carbocycles. The lowest BCUT2D eigenvalue weighted by molar-refractivity contribution is -0.114. The molecule has 0 aliphatic rings. The van der Waals surface area contributed by atoms with E-state index in [2.05, 4.69) is 15.4 Å². The molecular weight excluding hydrogens is 206 g/mol. The van der Waals surface area contributed by atoms with Gasteiger partial charge >= 0.3 is 0 Å². The number of nitrogens with one attached hydrogen (secondary N) is 1. The molecule has 0 aliphatic heterocycles. The van der Waals surface area contributed by atoms with Gasteiger partial charge in [-0.2, -0.15) is 5.10 Å². The molecule has 6 heteroatoms. The molecule has 2 aromatic rings. The zero-order valence-electron chi connectivity index (χ0n) is 8.50. The quantitative estimate of drug-likeness (QED) is 0.767. The summed E-state index contributed by atoms with van der Waals surface area (Å²) < 4.78 is 1.63. The van der Waals surface area contributed by atoms with Gasteiger partial charge in [-0.15, -0.1) is 0 Å². The van der Waals surface area contributed by atoms with E-state index in [1.165, 1.54) is 0 Å². The summed E-state index contributed by atoms with van der Waals surface area (Å²) in [6.45, 7) is -0.0408. The molecule has 1 amide bonds. The number of amides is 1. The van der Waals surface area contributed by atoms with Crippen LogP contribution in [0.2, 0.25) is 0 Å². The van der Waals surface area contributed by atoms with Crippen LogP contribution in [0, 0.1) is 0 Å². The normalized spacial score (nSPS) is 10.1. The summed E-state index contributed by atoms with van der Waals surface area (Å²) in [7, 11) is 0. The third-order valence-electron chi connectivity index (χ3n) is 1.96. The Balaban J connectivity index is 2.14. The largest absolute Gasteiger partial charge is 0.324 e. The lowest BCUT2D eigenvalue weighted by atomic mass is 10.4. The minimum atomic E-state index is -0.242. The fourth-order valence-electron chi connectivity index (χ4n) is 1.21. The standard InChI is InChI=1S/C10H11N5O/c11-6-10(16)14-8-2-3-9(12-7-8)15-5-1-4-13-15/h1-5,7H,6,11H2,(H,14,16). The Bertz CT molecular complexity index is 462. The van der Waals surface area contributed by atoms with Crippen molar-refractivity contribution in [3.63, 3.8) is 0 Å². The van der Waals surface area contributed by atoms with Gasteiger partial charge in [0.1, 0.15) is 0 Å². The number of hydrogen-bond donors (Lipinski definition) is 2. The van der Waals surface area contributed by atoms with E-state index in [1.54, 1.807) is 35.4 Å². The van der Waals surface area contributed by atoms with Crippen LogP contribution in [0.3, 0.4) is 0 Å². The smallest absolute Gasteiger partial charge is 0.238 e. The first kappa shape index (κ1) is 10.3. The Morgan fingerprint density at radius 1 is 1.50 bits per heavy atom. The van der Waals surface area contributed by atoms with E-state index in [-0.39, 0.29) is 12.5 Å². The van der Waals surface area contributed by atoms with Crippen LogP contribution in [-0.4, -0.2) is 27.2 Å². The predicted molar refractivity (Wildman–Crippen MR) is 59.0 cm³/mol. The van der Waals surface area contributed by atoms with Crippen molar-refractivity contribution in [1.29, 1.82) is 0 Å². The Hall–Kier alpha value is -2.21. The van der Waals surface area contributed by atoms with Crippen LogP contribution >= 0.6 is 0 Å². The molecular formula is C10H11N5O. The Labute approximate surface area is 92.1 Å². The second-order valence-electron chi connectivity index (χ2n) is 3.11. The highest BCUT2D eigenvalue weighted by Gasteiger charge is 2.01. The molecule has 0 radical (unpaired) electrons. The molecule has 2 aromatic heterocycles. The monoisotopic (exact) mass is 217 g/mol. The number of nitrogens with two attached hydrogens (primary N) is 1. The molecule has 0 spiro atoms. The summed E-state index contributed by atoms with van der Waals surface area (Å²) in [5.41, 5.74) is 5.80. The SMILES string of the molecule is NCC(=O)Nc1ccc(-n2cccn2)nc1. The molecule has 82 valence electrons. The maximum absolute atomic E-state index is 11.0. The van der Waals surface area contributed by atoms with Crippen LogP contribution in [0.5, 0.6) is 0 Å². The van der Waals surface area contributed by atoms with Crippen LogP contribution in [0.25, 0.3) is 5.82 Å². The van der Waals surface area contributed by atoms with Crippen molar-refractivity contribution in [2.75, 3.05) is 11.9 Å². The number of aromatic nitrogens is 3. The molecule has 0 unspecified atom stereocenters. The van der Waals surface area contributed by atoms with E-state index in [0.717, 1.165) is 0 Å².